The summed E-state index contributed by atoms with van der Waals surface area (Å²) in [4.78, 5) is 19.2. The SMILES string of the molecule is O=C(c1ccc(-n2cncn2)cc1)N(C1CCCCC1)C1CC1. The minimum Gasteiger partial charge on any atom is -0.333 e. The number of rotatable bonds is 4. The third kappa shape index (κ3) is 3.00. The van der Waals surface area contributed by atoms with Crippen LogP contribution in [0, 0.1) is 0 Å². The second-order valence-corrected chi connectivity index (χ2v) is 6.62. The van der Waals surface area contributed by atoms with Gasteiger partial charge in [0, 0.05) is 17.6 Å². The van der Waals surface area contributed by atoms with Crippen molar-refractivity contribution in [2.24, 2.45) is 0 Å². The number of benzene rings is 1. The molecular weight excluding hydrogens is 288 g/mol. The van der Waals surface area contributed by atoms with Crippen molar-refractivity contribution in [3.05, 3.63) is 42.5 Å². The molecule has 120 valence electrons. The largest absolute Gasteiger partial charge is 0.333 e. The molecule has 0 spiro atoms. The first kappa shape index (κ1) is 14.4. The number of hydrogen-bond acceptors (Lipinski definition) is 3. The van der Waals surface area contributed by atoms with Crippen LogP contribution >= 0.6 is 0 Å². The summed E-state index contributed by atoms with van der Waals surface area (Å²) in [6.45, 7) is 0. The van der Waals surface area contributed by atoms with Gasteiger partial charge in [0.2, 0.25) is 0 Å². The molecule has 2 aliphatic rings. The van der Waals surface area contributed by atoms with Gasteiger partial charge in [0.25, 0.3) is 5.91 Å². The van der Waals surface area contributed by atoms with E-state index >= 15 is 0 Å². The van der Waals surface area contributed by atoms with Gasteiger partial charge in [0.1, 0.15) is 12.7 Å². The zero-order valence-electron chi connectivity index (χ0n) is 13.3. The third-order valence-corrected chi connectivity index (χ3v) is 4.94. The summed E-state index contributed by atoms with van der Waals surface area (Å²) in [6.07, 6.45) is 11.7. The maximum atomic E-state index is 13.0. The molecule has 5 heteroatoms. The second kappa shape index (κ2) is 6.14. The molecule has 0 N–H and O–H groups in total. The quantitative estimate of drug-likeness (QED) is 0.871. The van der Waals surface area contributed by atoms with E-state index < -0.39 is 0 Å². The number of nitrogens with zero attached hydrogens (tertiary/aromatic N) is 4. The van der Waals surface area contributed by atoms with Crippen LogP contribution in [-0.2, 0) is 0 Å². The molecule has 2 aromatic rings. The molecular formula is C18H22N4O. The van der Waals surface area contributed by atoms with Gasteiger partial charge in [-0.25, -0.2) is 9.67 Å². The highest BCUT2D eigenvalue weighted by Crippen LogP contribution is 2.35. The van der Waals surface area contributed by atoms with Crippen LogP contribution in [0.3, 0.4) is 0 Å². The van der Waals surface area contributed by atoms with Crippen LogP contribution in [0.2, 0.25) is 0 Å². The van der Waals surface area contributed by atoms with E-state index in [0.29, 0.717) is 12.1 Å². The Bertz CT molecular complexity index is 655. The molecule has 1 aromatic carbocycles. The van der Waals surface area contributed by atoms with E-state index in [2.05, 4.69) is 15.0 Å². The molecule has 0 atom stereocenters. The van der Waals surface area contributed by atoms with Crippen LogP contribution in [0.15, 0.2) is 36.9 Å². The molecule has 2 aliphatic carbocycles. The Morgan fingerprint density at radius 3 is 2.30 bits per heavy atom. The average Bonchev–Trinajstić information content (AvgIpc) is 3.28. The first-order valence-corrected chi connectivity index (χ1v) is 8.60. The summed E-state index contributed by atoms with van der Waals surface area (Å²) in [5.74, 6) is 0.199. The van der Waals surface area contributed by atoms with Crippen molar-refractivity contribution in [1.29, 1.82) is 0 Å². The van der Waals surface area contributed by atoms with E-state index in [1.165, 1.54) is 51.3 Å². The molecule has 5 nitrogen and oxygen atoms in total. The molecule has 1 aromatic heterocycles. The fourth-order valence-corrected chi connectivity index (χ4v) is 3.59. The summed E-state index contributed by atoms with van der Waals surface area (Å²) in [6, 6.07) is 8.62. The Kier molecular flexibility index (Phi) is 3.85. The fraction of sp³-hybridized carbons (Fsp3) is 0.500. The molecule has 2 fully saturated rings. The van der Waals surface area contributed by atoms with Gasteiger partial charge in [-0.3, -0.25) is 4.79 Å². The lowest BCUT2D eigenvalue weighted by molar-refractivity contribution is 0.0614. The van der Waals surface area contributed by atoms with Crippen LogP contribution in [0.4, 0.5) is 0 Å². The van der Waals surface area contributed by atoms with Crippen LogP contribution in [0.5, 0.6) is 0 Å². The number of carbonyl (C=O) groups excluding carboxylic acids is 1. The Hall–Kier alpha value is -2.17. The normalized spacial score (nSPS) is 18.8. The molecule has 0 saturated heterocycles. The zero-order chi connectivity index (χ0) is 15.6. The van der Waals surface area contributed by atoms with Gasteiger partial charge >= 0.3 is 0 Å². The van der Waals surface area contributed by atoms with Gasteiger partial charge in [0.15, 0.2) is 0 Å². The molecule has 0 aliphatic heterocycles. The molecule has 0 bridgehead atoms. The average molecular weight is 310 g/mol. The van der Waals surface area contributed by atoms with Crippen molar-refractivity contribution < 1.29 is 4.79 Å². The Morgan fingerprint density at radius 1 is 1.00 bits per heavy atom. The predicted molar refractivity (Wildman–Crippen MR) is 87.4 cm³/mol. The topological polar surface area (TPSA) is 51.0 Å². The van der Waals surface area contributed by atoms with Crippen molar-refractivity contribution in [3.63, 3.8) is 0 Å². The lowest BCUT2D eigenvalue weighted by atomic mass is 9.93. The van der Waals surface area contributed by atoms with E-state index in [0.717, 1.165) is 11.3 Å². The molecule has 0 radical (unpaired) electrons. The van der Waals surface area contributed by atoms with E-state index in [1.54, 1.807) is 11.0 Å². The van der Waals surface area contributed by atoms with E-state index in [1.807, 2.05) is 24.3 Å². The number of amides is 1. The monoisotopic (exact) mass is 310 g/mol. The Morgan fingerprint density at radius 2 is 1.70 bits per heavy atom. The van der Waals surface area contributed by atoms with Gasteiger partial charge in [-0.15, -0.1) is 0 Å². The van der Waals surface area contributed by atoms with Gasteiger partial charge in [-0.1, -0.05) is 19.3 Å². The highest BCUT2D eigenvalue weighted by Gasteiger charge is 2.37. The summed E-state index contributed by atoms with van der Waals surface area (Å²) in [5.41, 5.74) is 1.71. The predicted octanol–water partition coefficient (Wildman–Crippen LogP) is 3.20. The molecule has 4 rings (SSSR count). The maximum absolute atomic E-state index is 13.0. The molecule has 1 amide bonds. The second-order valence-electron chi connectivity index (χ2n) is 6.62. The molecule has 0 unspecified atom stereocenters. The van der Waals surface area contributed by atoms with Gasteiger partial charge in [0.05, 0.1) is 5.69 Å². The highest BCUT2D eigenvalue weighted by molar-refractivity contribution is 5.95. The van der Waals surface area contributed by atoms with Crippen LogP contribution < -0.4 is 0 Å². The number of hydrogen-bond donors (Lipinski definition) is 0. The minimum absolute atomic E-state index is 0.199. The summed E-state index contributed by atoms with van der Waals surface area (Å²) < 4.78 is 1.70. The van der Waals surface area contributed by atoms with Crippen LogP contribution in [0.25, 0.3) is 5.69 Å². The summed E-state index contributed by atoms with van der Waals surface area (Å²) in [7, 11) is 0. The zero-order valence-corrected chi connectivity index (χ0v) is 13.3. The van der Waals surface area contributed by atoms with Crippen molar-refractivity contribution in [2.75, 3.05) is 0 Å². The van der Waals surface area contributed by atoms with Crippen molar-refractivity contribution >= 4 is 5.91 Å². The Labute approximate surface area is 136 Å². The van der Waals surface area contributed by atoms with Crippen LogP contribution in [-0.4, -0.2) is 37.7 Å². The first-order valence-electron chi connectivity index (χ1n) is 8.60. The van der Waals surface area contributed by atoms with Crippen molar-refractivity contribution in [2.45, 2.75) is 57.0 Å². The number of carbonyl (C=O) groups is 1. The van der Waals surface area contributed by atoms with Crippen LogP contribution in [0.1, 0.15) is 55.3 Å². The van der Waals surface area contributed by atoms with Crippen molar-refractivity contribution in [3.8, 4) is 5.69 Å². The maximum Gasteiger partial charge on any atom is 0.254 e. The summed E-state index contributed by atoms with van der Waals surface area (Å²) >= 11 is 0. The first-order chi connectivity index (χ1) is 11.3. The fourth-order valence-electron chi connectivity index (χ4n) is 3.59. The summed E-state index contributed by atoms with van der Waals surface area (Å²) in [5, 5.41) is 4.12. The lowest BCUT2D eigenvalue weighted by Crippen LogP contribution is -2.43. The highest BCUT2D eigenvalue weighted by atomic mass is 16.2. The molecule has 2 saturated carbocycles. The van der Waals surface area contributed by atoms with E-state index in [9.17, 15) is 4.79 Å². The van der Waals surface area contributed by atoms with Gasteiger partial charge in [-0.05, 0) is 49.9 Å². The minimum atomic E-state index is 0.199. The standard InChI is InChI=1S/C18H22N4O/c23-18(22(17-10-11-17)16-4-2-1-3-5-16)14-6-8-15(9-7-14)21-13-19-12-20-21/h6-9,12-13,16-17H,1-5,10-11H2. The van der Waals surface area contributed by atoms with E-state index in [-0.39, 0.29) is 5.91 Å². The third-order valence-electron chi connectivity index (χ3n) is 4.94. The lowest BCUT2D eigenvalue weighted by Gasteiger charge is -2.34. The van der Waals surface area contributed by atoms with Gasteiger partial charge in [-0.2, -0.15) is 5.10 Å². The Balaban J connectivity index is 1.54. The smallest absolute Gasteiger partial charge is 0.254 e. The molecule has 23 heavy (non-hydrogen) atoms. The molecule has 1 heterocycles. The number of aromatic nitrogens is 3. The van der Waals surface area contributed by atoms with Gasteiger partial charge < -0.3 is 4.90 Å². The van der Waals surface area contributed by atoms with E-state index in [4.69, 9.17) is 0 Å². The van der Waals surface area contributed by atoms with Crippen molar-refractivity contribution in [1.82, 2.24) is 19.7 Å².